The molecule has 0 spiro atoms. The lowest BCUT2D eigenvalue weighted by molar-refractivity contribution is -0.0813. The molecule has 152 valence electrons. The summed E-state index contributed by atoms with van der Waals surface area (Å²) < 4.78 is 13.5. The number of nitrogens with zero attached hydrogens (tertiary/aromatic N) is 4. The third-order valence-electron chi connectivity index (χ3n) is 5.59. The zero-order valence-electron chi connectivity index (χ0n) is 15.3. The first-order chi connectivity index (χ1) is 14.0. The molecule has 0 amide bonds. The highest BCUT2D eigenvalue weighted by Gasteiger charge is 2.45. The number of rotatable bonds is 4. The van der Waals surface area contributed by atoms with Gasteiger partial charge in [0.05, 0.1) is 19.0 Å². The van der Waals surface area contributed by atoms with Crippen LogP contribution >= 0.6 is 11.6 Å². The van der Waals surface area contributed by atoms with Crippen molar-refractivity contribution >= 4 is 28.6 Å². The molecule has 1 aromatic carbocycles. The molecule has 5 rings (SSSR count). The van der Waals surface area contributed by atoms with Crippen LogP contribution in [0, 0.1) is 0 Å². The molecule has 0 radical (unpaired) electrons. The Kier molecular flexibility index (Phi) is 4.64. The number of aromatic nitrogens is 4. The number of anilines is 1. The normalized spacial score (nSPS) is 28.9. The zero-order valence-corrected chi connectivity index (χ0v) is 16.1. The second kappa shape index (κ2) is 7.19. The van der Waals surface area contributed by atoms with E-state index in [9.17, 15) is 10.2 Å². The number of aliphatic hydroxyl groups is 2. The van der Waals surface area contributed by atoms with Crippen LogP contribution in [0.25, 0.3) is 11.2 Å². The Labute approximate surface area is 171 Å². The minimum absolute atomic E-state index is 0.0872. The van der Waals surface area contributed by atoms with Gasteiger partial charge in [0, 0.05) is 5.02 Å². The lowest BCUT2D eigenvalue weighted by Gasteiger charge is -2.19. The van der Waals surface area contributed by atoms with E-state index in [-0.39, 0.29) is 18.5 Å². The van der Waals surface area contributed by atoms with Crippen molar-refractivity contribution in [1.82, 2.24) is 19.5 Å². The number of ether oxygens (including phenoxy) is 2. The minimum atomic E-state index is -1.16. The standard InChI is InChI=1S/C19H20ClN5O4/c20-10-2-3-11-9(5-10)1-4-12(11)28-6-13-15(26)16(27)19(29-13)25-8-24-14-17(21)22-7-23-18(14)25/h2-3,5,7-8,12-13,15-16,19,26-27H,1,4,6H2,(H2,21,22,23)/t12?,13-,15-,16-,19-/m1/s1. The van der Waals surface area contributed by atoms with Gasteiger partial charge in [-0.2, -0.15) is 0 Å². The second-order valence-corrected chi connectivity index (χ2v) is 7.77. The number of imidazole rings is 1. The van der Waals surface area contributed by atoms with Crippen LogP contribution in [-0.2, 0) is 15.9 Å². The van der Waals surface area contributed by atoms with Crippen LogP contribution < -0.4 is 5.73 Å². The van der Waals surface area contributed by atoms with E-state index >= 15 is 0 Å². The summed E-state index contributed by atoms with van der Waals surface area (Å²) in [5.74, 6) is 0.238. The highest BCUT2D eigenvalue weighted by molar-refractivity contribution is 6.30. The van der Waals surface area contributed by atoms with Crippen LogP contribution in [0.15, 0.2) is 30.9 Å². The van der Waals surface area contributed by atoms with Gasteiger partial charge in [-0.3, -0.25) is 4.57 Å². The predicted molar refractivity (Wildman–Crippen MR) is 104 cm³/mol. The van der Waals surface area contributed by atoms with Crippen molar-refractivity contribution in [2.24, 2.45) is 0 Å². The Hall–Kier alpha value is -2.30. The summed E-state index contributed by atoms with van der Waals surface area (Å²) in [6.45, 7) is 0.144. The first-order valence-electron chi connectivity index (χ1n) is 9.37. The molecule has 1 unspecified atom stereocenters. The van der Waals surface area contributed by atoms with Crippen molar-refractivity contribution < 1.29 is 19.7 Å². The number of halogens is 1. The topological polar surface area (TPSA) is 129 Å². The Morgan fingerprint density at radius 2 is 2.10 bits per heavy atom. The minimum Gasteiger partial charge on any atom is -0.387 e. The first kappa shape index (κ1) is 18.7. The fourth-order valence-corrected chi connectivity index (χ4v) is 4.28. The molecule has 1 fully saturated rings. The molecule has 4 N–H and O–H groups in total. The van der Waals surface area contributed by atoms with Crippen LogP contribution in [0.2, 0.25) is 5.02 Å². The average Bonchev–Trinajstić information content (AvgIpc) is 3.38. The lowest BCUT2D eigenvalue weighted by atomic mass is 10.1. The van der Waals surface area contributed by atoms with Crippen molar-refractivity contribution in [2.75, 3.05) is 12.3 Å². The van der Waals surface area contributed by atoms with E-state index in [2.05, 4.69) is 15.0 Å². The average molecular weight is 418 g/mol. The van der Waals surface area contributed by atoms with Gasteiger partial charge in [-0.15, -0.1) is 0 Å². The number of aryl methyl sites for hydroxylation is 1. The number of nitrogens with two attached hydrogens (primary N) is 1. The maximum atomic E-state index is 10.5. The molecule has 2 aromatic heterocycles. The van der Waals surface area contributed by atoms with E-state index in [4.69, 9.17) is 26.8 Å². The molecule has 2 aliphatic rings. The Morgan fingerprint density at radius 3 is 2.97 bits per heavy atom. The molecule has 5 atom stereocenters. The number of hydrogen-bond donors (Lipinski definition) is 3. The molecule has 0 bridgehead atoms. The van der Waals surface area contributed by atoms with Gasteiger partial charge in [-0.1, -0.05) is 17.7 Å². The van der Waals surface area contributed by atoms with E-state index in [0.29, 0.717) is 16.2 Å². The Bertz CT molecular complexity index is 1060. The fourth-order valence-electron chi connectivity index (χ4n) is 4.08. The quantitative estimate of drug-likeness (QED) is 0.580. The van der Waals surface area contributed by atoms with E-state index in [0.717, 1.165) is 18.4 Å². The van der Waals surface area contributed by atoms with Crippen LogP contribution in [0.1, 0.15) is 29.9 Å². The summed E-state index contributed by atoms with van der Waals surface area (Å²) in [6, 6.07) is 5.78. The van der Waals surface area contributed by atoms with Gasteiger partial charge in [0.15, 0.2) is 17.7 Å². The molecule has 1 aliphatic carbocycles. The molecule has 3 heterocycles. The number of nitrogen functional groups attached to an aromatic ring is 1. The maximum absolute atomic E-state index is 10.5. The maximum Gasteiger partial charge on any atom is 0.167 e. The van der Waals surface area contributed by atoms with Gasteiger partial charge < -0.3 is 25.4 Å². The number of hydrogen-bond acceptors (Lipinski definition) is 8. The number of benzene rings is 1. The molecular weight excluding hydrogens is 398 g/mol. The van der Waals surface area contributed by atoms with Crippen molar-refractivity contribution in [2.45, 2.75) is 43.5 Å². The van der Waals surface area contributed by atoms with Gasteiger partial charge in [-0.25, -0.2) is 15.0 Å². The molecule has 1 saturated heterocycles. The zero-order chi connectivity index (χ0) is 20.1. The van der Waals surface area contributed by atoms with Crippen molar-refractivity contribution in [3.63, 3.8) is 0 Å². The summed E-state index contributed by atoms with van der Waals surface area (Å²) in [4.78, 5) is 12.3. The summed E-state index contributed by atoms with van der Waals surface area (Å²) in [7, 11) is 0. The van der Waals surface area contributed by atoms with Crippen LogP contribution in [-0.4, -0.2) is 54.7 Å². The van der Waals surface area contributed by atoms with Gasteiger partial charge >= 0.3 is 0 Å². The van der Waals surface area contributed by atoms with E-state index in [1.807, 2.05) is 18.2 Å². The van der Waals surface area contributed by atoms with Crippen molar-refractivity contribution in [3.05, 3.63) is 47.0 Å². The largest absolute Gasteiger partial charge is 0.387 e. The van der Waals surface area contributed by atoms with E-state index in [1.54, 1.807) is 4.57 Å². The highest BCUT2D eigenvalue weighted by Crippen LogP contribution is 2.37. The summed E-state index contributed by atoms with van der Waals surface area (Å²) in [5.41, 5.74) is 8.94. The molecule has 1 aliphatic heterocycles. The van der Waals surface area contributed by atoms with Gasteiger partial charge in [0.1, 0.15) is 30.2 Å². The second-order valence-electron chi connectivity index (χ2n) is 7.33. The molecule has 0 saturated carbocycles. The smallest absolute Gasteiger partial charge is 0.167 e. The molecule has 3 aromatic rings. The van der Waals surface area contributed by atoms with Gasteiger partial charge in [0.2, 0.25) is 0 Å². The van der Waals surface area contributed by atoms with Crippen molar-refractivity contribution in [3.8, 4) is 0 Å². The van der Waals surface area contributed by atoms with Crippen LogP contribution in [0.4, 0.5) is 5.82 Å². The fraction of sp³-hybridized carbons (Fsp3) is 0.421. The van der Waals surface area contributed by atoms with Crippen LogP contribution in [0.3, 0.4) is 0 Å². The predicted octanol–water partition coefficient (Wildman–Crippen LogP) is 1.39. The van der Waals surface area contributed by atoms with E-state index < -0.39 is 24.5 Å². The lowest BCUT2D eigenvalue weighted by Crippen LogP contribution is -2.34. The highest BCUT2D eigenvalue weighted by atomic mass is 35.5. The van der Waals surface area contributed by atoms with E-state index in [1.165, 1.54) is 18.2 Å². The molecular formula is C19H20ClN5O4. The number of fused-ring (bicyclic) bond motifs is 2. The van der Waals surface area contributed by atoms with Gasteiger partial charge in [-0.05, 0) is 36.1 Å². The number of aliphatic hydroxyl groups excluding tert-OH is 2. The Morgan fingerprint density at radius 1 is 1.24 bits per heavy atom. The third kappa shape index (κ3) is 3.15. The summed E-state index contributed by atoms with van der Waals surface area (Å²) in [6.07, 6.45) is 0.615. The van der Waals surface area contributed by atoms with Crippen LogP contribution in [0.5, 0.6) is 0 Å². The SMILES string of the molecule is Nc1ncnc2c1ncn2[C@@H]1O[C@H](COC2CCc3cc(Cl)ccc32)[C@@H](O)[C@H]1O. The van der Waals surface area contributed by atoms with Crippen molar-refractivity contribution in [1.29, 1.82) is 0 Å². The summed E-state index contributed by atoms with van der Waals surface area (Å²) >= 11 is 6.06. The summed E-state index contributed by atoms with van der Waals surface area (Å²) in [5, 5.41) is 21.7. The monoisotopic (exact) mass is 417 g/mol. The molecule has 29 heavy (non-hydrogen) atoms. The molecule has 10 heteroatoms. The van der Waals surface area contributed by atoms with Gasteiger partial charge in [0.25, 0.3) is 0 Å². The third-order valence-corrected chi connectivity index (χ3v) is 5.82. The Balaban J connectivity index is 1.31. The molecule has 9 nitrogen and oxygen atoms in total. The first-order valence-corrected chi connectivity index (χ1v) is 9.75.